The van der Waals surface area contributed by atoms with E-state index in [1.165, 1.54) is 31.3 Å². The molecule has 1 aliphatic carbocycles. The van der Waals surface area contributed by atoms with Crippen molar-refractivity contribution in [3.8, 4) is 6.07 Å². The molecule has 28 heavy (non-hydrogen) atoms. The third kappa shape index (κ3) is 7.19. The molecule has 1 aliphatic heterocycles. The van der Waals surface area contributed by atoms with Gasteiger partial charge < -0.3 is 10.1 Å². The van der Waals surface area contributed by atoms with Crippen molar-refractivity contribution in [2.75, 3.05) is 6.61 Å². The lowest BCUT2D eigenvalue weighted by molar-refractivity contribution is -0.125. The van der Waals surface area contributed by atoms with Crippen LogP contribution in [0.2, 0.25) is 0 Å². The highest BCUT2D eigenvalue weighted by Gasteiger charge is 2.22. The van der Waals surface area contributed by atoms with Gasteiger partial charge >= 0.3 is 0 Å². The third-order valence-electron chi connectivity index (χ3n) is 5.84. The molecule has 1 saturated carbocycles. The number of carbonyl (C=O) groups excluding carboxylic acids is 1. The van der Waals surface area contributed by atoms with Gasteiger partial charge in [-0.1, -0.05) is 50.7 Å². The molecule has 154 valence electrons. The first-order chi connectivity index (χ1) is 13.7. The van der Waals surface area contributed by atoms with Crippen molar-refractivity contribution < 1.29 is 9.53 Å². The van der Waals surface area contributed by atoms with Gasteiger partial charge in [-0.05, 0) is 56.8 Å². The van der Waals surface area contributed by atoms with E-state index in [2.05, 4.69) is 17.5 Å². The first kappa shape index (κ1) is 22.3. The van der Waals surface area contributed by atoms with E-state index < -0.39 is 6.04 Å². The van der Waals surface area contributed by atoms with Crippen molar-refractivity contribution in [3.63, 3.8) is 0 Å². The topological polar surface area (TPSA) is 62.1 Å². The minimum Gasteiger partial charge on any atom is -0.493 e. The maximum Gasteiger partial charge on any atom is 0.224 e. The molecule has 1 heterocycles. The zero-order valence-corrected chi connectivity index (χ0v) is 17.6. The number of allylic oxidation sites excluding steroid dienone is 4. The Morgan fingerprint density at radius 3 is 2.46 bits per heavy atom. The molecule has 0 spiro atoms. The molecule has 0 aromatic rings. The van der Waals surface area contributed by atoms with Gasteiger partial charge in [-0.2, -0.15) is 5.26 Å². The minimum atomic E-state index is -0.499. The summed E-state index contributed by atoms with van der Waals surface area (Å²) in [7, 11) is 0. The number of nitriles is 1. The lowest BCUT2D eigenvalue weighted by atomic mass is 9.95. The molecule has 0 radical (unpaired) electrons. The van der Waals surface area contributed by atoms with Crippen molar-refractivity contribution in [2.24, 2.45) is 5.92 Å². The Bertz CT molecular complexity index is 629. The summed E-state index contributed by atoms with van der Waals surface area (Å²) in [6.45, 7) is 4.74. The number of hydrogen-bond donors (Lipinski definition) is 1. The monoisotopic (exact) mass is 384 g/mol. The van der Waals surface area contributed by atoms with Crippen LogP contribution < -0.4 is 5.32 Å². The van der Waals surface area contributed by atoms with E-state index in [0.717, 1.165) is 56.5 Å². The summed E-state index contributed by atoms with van der Waals surface area (Å²) in [6, 6.07) is 1.78. The maximum absolute atomic E-state index is 12.8. The highest BCUT2D eigenvalue weighted by molar-refractivity contribution is 5.79. The molecule has 0 aromatic heterocycles. The van der Waals surface area contributed by atoms with E-state index in [0.29, 0.717) is 6.42 Å². The standard InChI is InChI=1S/C24H36N2O2/c1-3-19(17-23-20(4-2)14-11-15-28-23)16-22(18-25)26-24(27)21-12-9-7-5-6-8-10-13-21/h3-4,17,21-22H,5-16H2,1-2H3,(H,26,27)/b19-3-,20-4-,23-17+. The molecule has 1 atom stereocenters. The van der Waals surface area contributed by atoms with E-state index in [1.54, 1.807) is 0 Å². The van der Waals surface area contributed by atoms with Gasteiger partial charge in [0.25, 0.3) is 0 Å². The molecule has 2 aliphatic rings. The second-order valence-electron chi connectivity index (χ2n) is 7.93. The van der Waals surface area contributed by atoms with Crippen LogP contribution in [0.15, 0.2) is 35.1 Å². The number of nitrogens with zero attached hydrogens (tertiary/aromatic N) is 1. The van der Waals surface area contributed by atoms with Gasteiger partial charge in [-0.15, -0.1) is 0 Å². The van der Waals surface area contributed by atoms with Crippen LogP contribution in [0.1, 0.15) is 84.5 Å². The summed E-state index contributed by atoms with van der Waals surface area (Å²) in [6.07, 6.45) is 17.8. The SMILES string of the molecule is C\C=C(/C=C1/OCCC/C1=C/C)CC(C#N)NC(=O)C1CCCCCCCC1. The second kappa shape index (κ2) is 12.4. The molecule has 1 amide bonds. The summed E-state index contributed by atoms with van der Waals surface area (Å²) in [4.78, 5) is 12.8. The van der Waals surface area contributed by atoms with Crippen LogP contribution in [0.25, 0.3) is 0 Å². The first-order valence-corrected chi connectivity index (χ1v) is 11.0. The molecular formula is C24H36N2O2. The normalized spacial score (nSPS) is 23.8. The van der Waals surface area contributed by atoms with Gasteiger partial charge in [0, 0.05) is 12.3 Å². The zero-order valence-electron chi connectivity index (χ0n) is 17.6. The average Bonchev–Trinajstić information content (AvgIpc) is 2.86. The third-order valence-corrected chi connectivity index (χ3v) is 5.84. The van der Waals surface area contributed by atoms with Crippen molar-refractivity contribution in [2.45, 2.75) is 90.5 Å². The summed E-state index contributed by atoms with van der Waals surface area (Å²) in [5.41, 5.74) is 2.24. The Labute approximate surface area is 170 Å². The van der Waals surface area contributed by atoms with Gasteiger partial charge in [0.1, 0.15) is 11.8 Å². The Kier molecular flexibility index (Phi) is 9.90. The first-order valence-electron chi connectivity index (χ1n) is 11.0. The zero-order chi connectivity index (χ0) is 20.2. The Hall–Kier alpha value is -2.02. The number of hydrogen-bond acceptors (Lipinski definition) is 3. The number of amides is 1. The fourth-order valence-electron chi connectivity index (χ4n) is 4.06. The smallest absolute Gasteiger partial charge is 0.224 e. The molecule has 2 rings (SSSR count). The van der Waals surface area contributed by atoms with Gasteiger partial charge in [-0.25, -0.2) is 0 Å². The summed E-state index contributed by atoms with van der Waals surface area (Å²) >= 11 is 0. The highest BCUT2D eigenvalue weighted by Crippen LogP contribution is 2.26. The molecule has 0 aromatic carbocycles. The predicted molar refractivity (Wildman–Crippen MR) is 113 cm³/mol. The molecule has 2 fully saturated rings. The molecule has 1 saturated heterocycles. The molecule has 4 heteroatoms. The van der Waals surface area contributed by atoms with Crippen LogP contribution in [-0.4, -0.2) is 18.6 Å². The number of ether oxygens (including phenoxy) is 1. The van der Waals surface area contributed by atoms with Crippen LogP contribution in [0.5, 0.6) is 0 Å². The number of carbonyl (C=O) groups is 1. The molecule has 1 N–H and O–H groups in total. The van der Waals surface area contributed by atoms with Crippen molar-refractivity contribution in [1.29, 1.82) is 5.26 Å². The summed E-state index contributed by atoms with van der Waals surface area (Å²) < 4.78 is 5.82. The van der Waals surface area contributed by atoms with Crippen LogP contribution >= 0.6 is 0 Å². The van der Waals surface area contributed by atoms with Gasteiger partial charge in [0.2, 0.25) is 5.91 Å². The Morgan fingerprint density at radius 2 is 1.86 bits per heavy atom. The van der Waals surface area contributed by atoms with Gasteiger partial charge in [0.05, 0.1) is 12.7 Å². The van der Waals surface area contributed by atoms with Crippen LogP contribution in [0.3, 0.4) is 0 Å². The van der Waals surface area contributed by atoms with Crippen molar-refractivity contribution in [1.82, 2.24) is 5.32 Å². The predicted octanol–water partition coefficient (Wildman–Crippen LogP) is 5.72. The van der Waals surface area contributed by atoms with Gasteiger partial charge in [0.15, 0.2) is 0 Å². The number of rotatable bonds is 5. The van der Waals surface area contributed by atoms with Crippen LogP contribution in [0.4, 0.5) is 0 Å². The van der Waals surface area contributed by atoms with Gasteiger partial charge in [-0.3, -0.25) is 4.79 Å². The molecule has 4 nitrogen and oxygen atoms in total. The van der Waals surface area contributed by atoms with E-state index in [9.17, 15) is 10.1 Å². The van der Waals surface area contributed by atoms with Crippen molar-refractivity contribution >= 4 is 5.91 Å². The summed E-state index contributed by atoms with van der Waals surface area (Å²) in [5, 5.41) is 12.6. The lowest BCUT2D eigenvalue weighted by Crippen LogP contribution is -2.38. The lowest BCUT2D eigenvalue weighted by Gasteiger charge is -2.21. The maximum atomic E-state index is 12.8. The van der Waals surface area contributed by atoms with E-state index in [4.69, 9.17) is 4.74 Å². The number of nitrogens with one attached hydrogen (secondary N) is 1. The van der Waals surface area contributed by atoms with E-state index in [-0.39, 0.29) is 11.8 Å². The fraction of sp³-hybridized carbons (Fsp3) is 0.667. The summed E-state index contributed by atoms with van der Waals surface area (Å²) in [5.74, 6) is 1.01. The quantitative estimate of drug-likeness (QED) is 0.659. The van der Waals surface area contributed by atoms with Crippen LogP contribution in [-0.2, 0) is 9.53 Å². The molecular weight excluding hydrogens is 348 g/mol. The van der Waals surface area contributed by atoms with Crippen LogP contribution in [0, 0.1) is 17.2 Å². The largest absolute Gasteiger partial charge is 0.493 e. The average molecular weight is 385 g/mol. The Balaban J connectivity index is 1.97. The Morgan fingerprint density at radius 1 is 1.18 bits per heavy atom. The fourth-order valence-corrected chi connectivity index (χ4v) is 4.06. The van der Waals surface area contributed by atoms with Crippen molar-refractivity contribution in [3.05, 3.63) is 35.1 Å². The molecule has 1 unspecified atom stereocenters. The second-order valence-corrected chi connectivity index (χ2v) is 7.93. The minimum absolute atomic E-state index is 0.0534. The highest BCUT2D eigenvalue weighted by atomic mass is 16.5. The van der Waals surface area contributed by atoms with E-state index >= 15 is 0 Å². The van der Waals surface area contributed by atoms with E-state index in [1.807, 2.05) is 26.0 Å². The molecule has 0 bridgehead atoms.